The summed E-state index contributed by atoms with van der Waals surface area (Å²) in [4.78, 5) is 15.1. The standard InChI is InChI=1S/C19H21NO/c1-3-12-20-13-11-19(16(4-2)14-20)17-8-6-5-7-15(17)9-10-18(19)21/h3-10,16H,1-2,11-14H2/t16-,19+/m1/s1. The summed E-state index contributed by atoms with van der Waals surface area (Å²) in [6.45, 7) is 10.5. The number of likely N-dealkylation sites (tertiary alicyclic amines) is 1. The van der Waals surface area contributed by atoms with E-state index in [9.17, 15) is 4.79 Å². The van der Waals surface area contributed by atoms with E-state index in [0.717, 1.165) is 26.1 Å². The molecule has 1 spiro atoms. The molecule has 0 unspecified atom stereocenters. The van der Waals surface area contributed by atoms with Crippen LogP contribution in [0, 0.1) is 5.92 Å². The molecule has 2 nitrogen and oxygen atoms in total. The van der Waals surface area contributed by atoms with Crippen LogP contribution in [0.15, 0.2) is 55.7 Å². The molecular weight excluding hydrogens is 258 g/mol. The number of benzene rings is 1. The van der Waals surface area contributed by atoms with E-state index in [1.807, 2.05) is 30.4 Å². The minimum Gasteiger partial charge on any atom is -0.299 e. The minimum atomic E-state index is -0.426. The van der Waals surface area contributed by atoms with Crippen LogP contribution in [0.4, 0.5) is 0 Å². The van der Waals surface area contributed by atoms with Gasteiger partial charge in [0.2, 0.25) is 0 Å². The number of ketones is 1. The van der Waals surface area contributed by atoms with Gasteiger partial charge >= 0.3 is 0 Å². The van der Waals surface area contributed by atoms with Gasteiger partial charge in [0.15, 0.2) is 5.78 Å². The van der Waals surface area contributed by atoms with Crippen molar-refractivity contribution in [3.05, 3.63) is 66.8 Å². The van der Waals surface area contributed by atoms with Crippen LogP contribution < -0.4 is 0 Å². The van der Waals surface area contributed by atoms with Crippen LogP contribution in [0.5, 0.6) is 0 Å². The van der Waals surface area contributed by atoms with Crippen LogP contribution in [0.25, 0.3) is 6.08 Å². The summed E-state index contributed by atoms with van der Waals surface area (Å²) in [6, 6.07) is 8.26. The van der Waals surface area contributed by atoms with E-state index < -0.39 is 5.41 Å². The smallest absolute Gasteiger partial charge is 0.166 e. The lowest BCUT2D eigenvalue weighted by Gasteiger charge is -2.47. The van der Waals surface area contributed by atoms with Gasteiger partial charge in [-0.2, -0.15) is 0 Å². The second kappa shape index (κ2) is 5.45. The van der Waals surface area contributed by atoms with Crippen LogP contribution in [0.1, 0.15) is 17.5 Å². The normalized spacial score (nSPS) is 28.4. The molecule has 108 valence electrons. The van der Waals surface area contributed by atoms with E-state index in [1.54, 1.807) is 6.08 Å². The number of hydrogen-bond acceptors (Lipinski definition) is 2. The van der Waals surface area contributed by atoms with E-state index in [1.165, 1.54) is 11.1 Å². The van der Waals surface area contributed by atoms with Crippen LogP contribution in [-0.2, 0) is 10.2 Å². The maximum Gasteiger partial charge on any atom is 0.166 e. The first kappa shape index (κ1) is 14.0. The molecule has 0 aromatic heterocycles. The first-order chi connectivity index (χ1) is 10.2. The molecule has 1 aromatic rings. The summed E-state index contributed by atoms with van der Waals surface area (Å²) in [6.07, 6.45) is 8.43. The SMILES string of the molecule is C=CCN1CC[C@]2(C(=O)C=Cc3ccccc32)[C@H](C=C)C1. The Kier molecular flexibility index (Phi) is 3.64. The van der Waals surface area contributed by atoms with Gasteiger partial charge in [0, 0.05) is 19.0 Å². The van der Waals surface area contributed by atoms with E-state index in [-0.39, 0.29) is 11.7 Å². The molecule has 1 heterocycles. The van der Waals surface area contributed by atoms with Crippen molar-refractivity contribution in [3.8, 4) is 0 Å². The van der Waals surface area contributed by atoms with Gasteiger partial charge in [-0.1, -0.05) is 42.5 Å². The molecule has 1 fully saturated rings. The number of carbonyl (C=O) groups excluding carboxylic acids is 1. The number of allylic oxidation sites excluding steroid dienone is 1. The van der Waals surface area contributed by atoms with Gasteiger partial charge in [0.25, 0.3) is 0 Å². The topological polar surface area (TPSA) is 20.3 Å². The van der Waals surface area contributed by atoms with Crippen molar-refractivity contribution in [2.24, 2.45) is 5.92 Å². The lowest BCUT2D eigenvalue weighted by molar-refractivity contribution is -0.123. The Balaban J connectivity index is 2.06. The summed E-state index contributed by atoms with van der Waals surface area (Å²) < 4.78 is 0. The molecule has 0 bridgehead atoms. The maximum absolute atomic E-state index is 12.8. The van der Waals surface area contributed by atoms with E-state index in [0.29, 0.717) is 0 Å². The summed E-state index contributed by atoms with van der Waals surface area (Å²) >= 11 is 0. The number of nitrogens with zero attached hydrogens (tertiary/aromatic N) is 1. The molecule has 1 saturated heterocycles. The predicted molar refractivity (Wildman–Crippen MR) is 87.1 cm³/mol. The third-order valence-electron chi connectivity index (χ3n) is 4.88. The Labute approximate surface area is 126 Å². The largest absolute Gasteiger partial charge is 0.299 e. The average molecular weight is 279 g/mol. The molecule has 1 aliphatic heterocycles. The van der Waals surface area contributed by atoms with Gasteiger partial charge in [-0.15, -0.1) is 13.2 Å². The summed E-state index contributed by atoms with van der Waals surface area (Å²) in [5.74, 6) is 0.370. The van der Waals surface area contributed by atoms with Crippen molar-refractivity contribution in [2.75, 3.05) is 19.6 Å². The van der Waals surface area contributed by atoms with E-state index in [4.69, 9.17) is 0 Å². The summed E-state index contributed by atoms with van der Waals surface area (Å²) in [5.41, 5.74) is 1.91. The van der Waals surface area contributed by atoms with Gasteiger partial charge in [-0.05, 0) is 30.2 Å². The molecule has 3 rings (SSSR count). The van der Waals surface area contributed by atoms with Crippen molar-refractivity contribution < 1.29 is 4.79 Å². The van der Waals surface area contributed by atoms with E-state index in [2.05, 4.69) is 30.2 Å². The predicted octanol–water partition coefficient (Wildman–Crippen LogP) is 3.21. The van der Waals surface area contributed by atoms with Crippen molar-refractivity contribution in [1.82, 2.24) is 4.90 Å². The Morgan fingerprint density at radius 2 is 2.10 bits per heavy atom. The lowest BCUT2D eigenvalue weighted by Crippen LogP contribution is -2.54. The Morgan fingerprint density at radius 1 is 1.29 bits per heavy atom. The fourth-order valence-corrected chi connectivity index (χ4v) is 3.81. The van der Waals surface area contributed by atoms with Crippen molar-refractivity contribution in [3.63, 3.8) is 0 Å². The Hall–Kier alpha value is -1.93. The average Bonchev–Trinajstić information content (AvgIpc) is 2.52. The third-order valence-corrected chi connectivity index (χ3v) is 4.88. The second-order valence-corrected chi connectivity index (χ2v) is 5.90. The molecule has 2 atom stereocenters. The number of fused-ring (bicyclic) bond motifs is 2. The van der Waals surface area contributed by atoms with Crippen LogP contribution in [0.2, 0.25) is 0 Å². The second-order valence-electron chi connectivity index (χ2n) is 5.90. The monoisotopic (exact) mass is 279 g/mol. The first-order valence-electron chi connectivity index (χ1n) is 7.50. The molecule has 2 aliphatic rings. The molecule has 2 heteroatoms. The molecule has 21 heavy (non-hydrogen) atoms. The molecule has 1 aliphatic carbocycles. The van der Waals surface area contributed by atoms with Gasteiger partial charge in [0.1, 0.15) is 0 Å². The number of piperidine rings is 1. The Bertz CT molecular complexity index is 616. The number of hydrogen-bond donors (Lipinski definition) is 0. The first-order valence-corrected chi connectivity index (χ1v) is 7.50. The highest BCUT2D eigenvalue weighted by molar-refractivity contribution is 6.05. The highest BCUT2D eigenvalue weighted by Crippen LogP contribution is 2.45. The van der Waals surface area contributed by atoms with Crippen LogP contribution >= 0.6 is 0 Å². The molecule has 0 N–H and O–H groups in total. The molecule has 0 radical (unpaired) electrons. The lowest BCUT2D eigenvalue weighted by atomic mass is 9.60. The van der Waals surface area contributed by atoms with Crippen molar-refractivity contribution in [2.45, 2.75) is 11.8 Å². The maximum atomic E-state index is 12.8. The number of carbonyl (C=O) groups is 1. The minimum absolute atomic E-state index is 0.143. The van der Waals surface area contributed by atoms with Gasteiger partial charge in [-0.25, -0.2) is 0 Å². The summed E-state index contributed by atoms with van der Waals surface area (Å²) in [7, 11) is 0. The molecular formula is C19H21NO. The van der Waals surface area contributed by atoms with Crippen molar-refractivity contribution >= 4 is 11.9 Å². The molecule has 0 amide bonds. The van der Waals surface area contributed by atoms with Crippen molar-refractivity contribution in [1.29, 1.82) is 0 Å². The highest BCUT2D eigenvalue weighted by Gasteiger charge is 2.49. The third kappa shape index (κ3) is 2.11. The van der Waals surface area contributed by atoms with Crippen LogP contribution in [0.3, 0.4) is 0 Å². The van der Waals surface area contributed by atoms with E-state index >= 15 is 0 Å². The zero-order chi connectivity index (χ0) is 14.9. The fraction of sp³-hybridized carbons (Fsp3) is 0.316. The van der Waals surface area contributed by atoms with Gasteiger partial charge < -0.3 is 0 Å². The number of rotatable bonds is 3. The fourth-order valence-electron chi connectivity index (χ4n) is 3.81. The quantitative estimate of drug-likeness (QED) is 0.792. The Morgan fingerprint density at radius 3 is 2.86 bits per heavy atom. The van der Waals surface area contributed by atoms with Gasteiger partial charge in [0.05, 0.1) is 5.41 Å². The summed E-state index contributed by atoms with van der Waals surface area (Å²) in [5, 5.41) is 0. The molecule has 1 aromatic carbocycles. The zero-order valence-corrected chi connectivity index (χ0v) is 12.3. The van der Waals surface area contributed by atoms with Gasteiger partial charge in [-0.3, -0.25) is 9.69 Å². The highest BCUT2D eigenvalue weighted by atomic mass is 16.1. The van der Waals surface area contributed by atoms with Crippen LogP contribution in [-0.4, -0.2) is 30.3 Å². The molecule has 0 saturated carbocycles. The zero-order valence-electron chi connectivity index (χ0n) is 12.3.